The summed E-state index contributed by atoms with van der Waals surface area (Å²) in [5.41, 5.74) is 0.660. The Morgan fingerprint density at radius 2 is 1.67 bits per heavy atom. The highest BCUT2D eigenvalue weighted by atomic mass is 19.1. The molecule has 3 amide bonds. The van der Waals surface area contributed by atoms with Crippen molar-refractivity contribution in [2.24, 2.45) is 0 Å². The zero-order chi connectivity index (χ0) is 19.4. The van der Waals surface area contributed by atoms with Crippen molar-refractivity contribution in [1.29, 1.82) is 0 Å². The second-order valence-electron chi connectivity index (χ2n) is 5.53. The summed E-state index contributed by atoms with van der Waals surface area (Å²) in [6, 6.07) is 10.9. The van der Waals surface area contributed by atoms with Crippen molar-refractivity contribution in [3.63, 3.8) is 0 Å². The molecule has 1 aliphatic heterocycles. The Hall–Kier alpha value is -3.81. The molecule has 7 nitrogen and oxygen atoms in total. The molecule has 0 saturated heterocycles. The fourth-order valence-electron chi connectivity index (χ4n) is 2.37. The molecule has 2 aromatic rings. The van der Waals surface area contributed by atoms with Crippen molar-refractivity contribution in [2.75, 3.05) is 16.8 Å². The van der Waals surface area contributed by atoms with Crippen molar-refractivity contribution >= 4 is 35.1 Å². The number of ether oxygens (including phenoxy) is 1. The molecule has 3 rings (SSSR count). The number of benzene rings is 2. The van der Waals surface area contributed by atoms with Crippen LogP contribution >= 0.6 is 0 Å². The maximum Gasteiger partial charge on any atom is 0.338 e. The largest absolute Gasteiger partial charge is 0.452 e. The lowest BCUT2D eigenvalue weighted by Gasteiger charge is -2.14. The Labute approximate surface area is 153 Å². The minimum atomic E-state index is -0.793. The maximum atomic E-state index is 12.8. The molecule has 0 spiro atoms. The molecule has 27 heavy (non-hydrogen) atoms. The standard InChI is InChI=1S/C19H13FN2O5/c20-13-4-6-14(7-5-13)21-16(23)11-27-19(26)12-2-1-3-15(10-12)22-17(24)8-9-18(22)25/h1-10H,11H2,(H,21,23). The number of anilines is 2. The molecule has 136 valence electrons. The Morgan fingerprint density at radius 3 is 2.33 bits per heavy atom. The van der Waals surface area contributed by atoms with E-state index in [4.69, 9.17) is 4.74 Å². The molecule has 0 radical (unpaired) electrons. The summed E-state index contributed by atoms with van der Waals surface area (Å²) in [6.07, 6.45) is 2.26. The number of halogens is 1. The summed E-state index contributed by atoms with van der Waals surface area (Å²) in [6.45, 7) is -0.552. The lowest BCUT2D eigenvalue weighted by atomic mass is 10.2. The van der Waals surface area contributed by atoms with Crippen LogP contribution in [0.5, 0.6) is 0 Å². The quantitative estimate of drug-likeness (QED) is 0.644. The van der Waals surface area contributed by atoms with E-state index in [2.05, 4.69) is 5.32 Å². The van der Waals surface area contributed by atoms with Gasteiger partial charge in [-0.15, -0.1) is 0 Å². The number of esters is 1. The summed E-state index contributed by atoms with van der Waals surface area (Å²) >= 11 is 0. The van der Waals surface area contributed by atoms with Gasteiger partial charge in [0.15, 0.2) is 6.61 Å². The first-order chi connectivity index (χ1) is 12.9. The Kier molecular flexibility index (Phi) is 5.07. The van der Waals surface area contributed by atoms with E-state index in [1.807, 2.05) is 0 Å². The molecule has 1 N–H and O–H groups in total. The number of hydrogen-bond acceptors (Lipinski definition) is 5. The van der Waals surface area contributed by atoms with Gasteiger partial charge in [-0.1, -0.05) is 6.07 Å². The minimum Gasteiger partial charge on any atom is -0.452 e. The maximum absolute atomic E-state index is 12.8. The molecule has 0 aromatic heterocycles. The number of nitrogens with one attached hydrogen (secondary N) is 1. The Bertz CT molecular complexity index is 935. The first kappa shape index (κ1) is 18.0. The molecular weight excluding hydrogens is 355 g/mol. The van der Waals surface area contributed by atoms with Gasteiger partial charge >= 0.3 is 5.97 Å². The molecule has 1 heterocycles. The zero-order valence-electron chi connectivity index (χ0n) is 13.8. The van der Waals surface area contributed by atoms with Crippen molar-refractivity contribution < 1.29 is 28.3 Å². The van der Waals surface area contributed by atoms with E-state index in [0.29, 0.717) is 5.69 Å². The first-order valence-corrected chi connectivity index (χ1v) is 7.83. The van der Waals surface area contributed by atoms with Gasteiger partial charge in [0, 0.05) is 17.8 Å². The van der Waals surface area contributed by atoms with Crippen molar-refractivity contribution in [1.82, 2.24) is 0 Å². The molecular formula is C19H13FN2O5. The van der Waals surface area contributed by atoms with Gasteiger partial charge < -0.3 is 10.1 Å². The van der Waals surface area contributed by atoms with Crippen molar-refractivity contribution in [3.8, 4) is 0 Å². The number of carbonyl (C=O) groups excluding carboxylic acids is 4. The van der Waals surface area contributed by atoms with Crippen LogP contribution in [0.1, 0.15) is 10.4 Å². The average molecular weight is 368 g/mol. The normalized spacial score (nSPS) is 13.0. The fourth-order valence-corrected chi connectivity index (χ4v) is 2.37. The molecule has 0 fully saturated rings. The summed E-state index contributed by atoms with van der Waals surface area (Å²) in [5.74, 6) is -2.85. The molecule has 2 aromatic carbocycles. The zero-order valence-corrected chi connectivity index (χ0v) is 13.8. The van der Waals surface area contributed by atoms with Gasteiger partial charge in [-0.2, -0.15) is 0 Å². The van der Waals surface area contributed by atoms with E-state index in [1.54, 1.807) is 0 Å². The van der Waals surface area contributed by atoms with Crippen molar-refractivity contribution in [2.45, 2.75) is 0 Å². The number of rotatable bonds is 5. The predicted molar refractivity (Wildman–Crippen MR) is 93.4 cm³/mol. The van der Waals surface area contributed by atoms with Gasteiger partial charge in [0.25, 0.3) is 17.7 Å². The molecule has 1 aliphatic rings. The van der Waals surface area contributed by atoms with Gasteiger partial charge in [-0.25, -0.2) is 14.1 Å². The third-order valence-corrected chi connectivity index (χ3v) is 3.61. The highest BCUT2D eigenvalue weighted by Crippen LogP contribution is 2.20. The van der Waals surface area contributed by atoms with Gasteiger partial charge in [0.2, 0.25) is 0 Å². The van der Waals surface area contributed by atoms with E-state index in [1.165, 1.54) is 48.5 Å². The van der Waals surface area contributed by atoms with Crippen LogP contribution in [-0.2, 0) is 19.1 Å². The molecule has 0 saturated carbocycles. The second-order valence-corrected chi connectivity index (χ2v) is 5.53. The van der Waals surface area contributed by atoms with Crippen LogP contribution in [0.25, 0.3) is 0 Å². The lowest BCUT2D eigenvalue weighted by Crippen LogP contribution is -2.29. The van der Waals surface area contributed by atoms with Crippen LogP contribution in [0.4, 0.5) is 15.8 Å². The van der Waals surface area contributed by atoms with Gasteiger partial charge in [0.05, 0.1) is 11.3 Å². The molecule has 0 bridgehead atoms. The van der Waals surface area contributed by atoms with Gasteiger partial charge in [-0.3, -0.25) is 14.4 Å². The lowest BCUT2D eigenvalue weighted by molar-refractivity contribution is -0.120. The van der Waals surface area contributed by atoms with Crippen LogP contribution in [0, 0.1) is 5.82 Å². The SMILES string of the molecule is O=C(COC(=O)c1cccc(N2C(=O)C=CC2=O)c1)Nc1ccc(F)cc1. The highest BCUT2D eigenvalue weighted by Gasteiger charge is 2.25. The number of nitrogens with zero attached hydrogens (tertiary/aromatic N) is 1. The number of hydrogen-bond donors (Lipinski definition) is 1. The summed E-state index contributed by atoms with van der Waals surface area (Å²) in [4.78, 5) is 48.2. The van der Waals surface area contributed by atoms with Crippen LogP contribution in [0.2, 0.25) is 0 Å². The minimum absolute atomic E-state index is 0.0783. The van der Waals surface area contributed by atoms with Gasteiger partial charge in [-0.05, 0) is 42.5 Å². The first-order valence-electron chi connectivity index (χ1n) is 7.83. The molecule has 0 aliphatic carbocycles. The number of imide groups is 1. The third-order valence-electron chi connectivity index (χ3n) is 3.61. The molecule has 8 heteroatoms. The Morgan fingerprint density at radius 1 is 1.00 bits per heavy atom. The van der Waals surface area contributed by atoms with E-state index >= 15 is 0 Å². The van der Waals surface area contributed by atoms with E-state index < -0.39 is 36.1 Å². The predicted octanol–water partition coefficient (Wildman–Crippen LogP) is 2.05. The number of amides is 3. The average Bonchev–Trinajstić information content (AvgIpc) is 3.00. The van der Waals surface area contributed by atoms with Crippen LogP contribution in [0.15, 0.2) is 60.7 Å². The van der Waals surface area contributed by atoms with E-state index in [0.717, 1.165) is 17.1 Å². The fraction of sp³-hybridized carbons (Fsp3) is 0.0526. The summed E-state index contributed by atoms with van der Waals surface area (Å²) in [7, 11) is 0. The highest BCUT2D eigenvalue weighted by molar-refractivity contribution is 6.28. The van der Waals surface area contributed by atoms with E-state index in [9.17, 15) is 23.6 Å². The van der Waals surface area contributed by atoms with Crippen LogP contribution < -0.4 is 10.2 Å². The summed E-state index contributed by atoms with van der Waals surface area (Å²) < 4.78 is 17.8. The third kappa shape index (κ3) is 4.24. The topological polar surface area (TPSA) is 92.8 Å². The number of carbonyl (C=O) groups is 4. The van der Waals surface area contributed by atoms with Crippen LogP contribution in [-0.4, -0.2) is 30.3 Å². The van der Waals surface area contributed by atoms with Gasteiger partial charge in [0.1, 0.15) is 5.82 Å². The Balaban J connectivity index is 1.60. The second kappa shape index (κ2) is 7.61. The molecule has 0 unspecified atom stereocenters. The van der Waals surface area contributed by atoms with Crippen LogP contribution in [0.3, 0.4) is 0 Å². The van der Waals surface area contributed by atoms with Crippen molar-refractivity contribution in [3.05, 3.63) is 72.1 Å². The van der Waals surface area contributed by atoms with E-state index in [-0.39, 0.29) is 11.3 Å². The summed E-state index contributed by atoms with van der Waals surface area (Å²) in [5, 5.41) is 2.46. The monoisotopic (exact) mass is 368 g/mol. The molecule has 0 atom stereocenters. The smallest absolute Gasteiger partial charge is 0.338 e.